The highest BCUT2D eigenvalue weighted by atomic mass is 16.5. The second kappa shape index (κ2) is 6.73. The minimum Gasteiger partial charge on any atom is -0.381 e. The Morgan fingerprint density at radius 2 is 2.20 bits per heavy atom. The monoisotopic (exact) mass is 273 g/mol. The first-order chi connectivity index (χ1) is 9.86. The number of ether oxygens (including phenoxy) is 1. The maximum atomic E-state index is 5.54. The van der Waals surface area contributed by atoms with Crippen LogP contribution in [0.15, 0.2) is 24.3 Å². The topological polar surface area (TPSA) is 21.3 Å². The predicted molar refractivity (Wildman–Crippen MR) is 83.1 cm³/mol. The summed E-state index contributed by atoms with van der Waals surface area (Å²) in [4.78, 5) is 0. The van der Waals surface area contributed by atoms with Crippen LogP contribution in [0.1, 0.15) is 49.7 Å². The van der Waals surface area contributed by atoms with E-state index >= 15 is 0 Å². The third kappa shape index (κ3) is 3.24. The van der Waals surface area contributed by atoms with Gasteiger partial charge in [-0.05, 0) is 61.6 Å². The van der Waals surface area contributed by atoms with Gasteiger partial charge in [0.25, 0.3) is 0 Å². The molecule has 110 valence electrons. The molecule has 0 bridgehead atoms. The summed E-state index contributed by atoms with van der Waals surface area (Å²) in [6.45, 7) is 5.34. The fourth-order valence-electron chi connectivity index (χ4n) is 3.70. The molecule has 1 fully saturated rings. The van der Waals surface area contributed by atoms with Crippen molar-refractivity contribution in [3.05, 3.63) is 35.4 Å². The molecule has 1 aliphatic carbocycles. The first-order valence-electron chi connectivity index (χ1n) is 8.25. The molecule has 1 saturated heterocycles. The van der Waals surface area contributed by atoms with E-state index in [0.717, 1.165) is 31.6 Å². The van der Waals surface area contributed by atoms with Crippen LogP contribution in [0.5, 0.6) is 0 Å². The van der Waals surface area contributed by atoms with Crippen molar-refractivity contribution in [1.82, 2.24) is 5.32 Å². The van der Waals surface area contributed by atoms with E-state index in [4.69, 9.17) is 4.74 Å². The van der Waals surface area contributed by atoms with Crippen molar-refractivity contribution in [2.45, 2.75) is 51.0 Å². The molecule has 0 aromatic heterocycles. The third-order valence-electron chi connectivity index (χ3n) is 4.86. The van der Waals surface area contributed by atoms with Crippen molar-refractivity contribution in [3.8, 4) is 0 Å². The average Bonchev–Trinajstić information content (AvgIpc) is 2.94. The lowest BCUT2D eigenvalue weighted by molar-refractivity contribution is 0.180. The molecule has 0 saturated carbocycles. The van der Waals surface area contributed by atoms with Gasteiger partial charge in [0.05, 0.1) is 0 Å². The van der Waals surface area contributed by atoms with Gasteiger partial charge in [0.2, 0.25) is 0 Å². The van der Waals surface area contributed by atoms with Crippen molar-refractivity contribution < 1.29 is 4.74 Å². The Balaban J connectivity index is 1.56. The van der Waals surface area contributed by atoms with Gasteiger partial charge in [0, 0.05) is 19.3 Å². The van der Waals surface area contributed by atoms with E-state index in [9.17, 15) is 0 Å². The van der Waals surface area contributed by atoms with E-state index in [1.54, 1.807) is 11.1 Å². The second-order valence-electron chi connectivity index (χ2n) is 6.45. The third-order valence-corrected chi connectivity index (χ3v) is 4.86. The largest absolute Gasteiger partial charge is 0.381 e. The number of fused-ring (bicyclic) bond motifs is 1. The molecule has 0 amide bonds. The Kier molecular flexibility index (Phi) is 4.74. The summed E-state index contributed by atoms with van der Waals surface area (Å²) in [6, 6.07) is 9.62. The summed E-state index contributed by atoms with van der Waals surface area (Å²) < 4.78 is 5.54. The van der Waals surface area contributed by atoms with E-state index in [1.807, 2.05) is 0 Å². The summed E-state index contributed by atoms with van der Waals surface area (Å²) in [5.74, 6) is 1.56. The van der Waals surface area contributed by atoms with E-state index in [0.29, 0.717) is 6.04 Å². The van der Waals surface area contributed by atoms with Crippen LogP contribution in [0.25, 0.3) is 0 Å². The van der Waals surface area contributed by atoms with Crippen LogP contribution in [-0.2, 0) is 11.2 Å². The lowest BCUT2D eigenvalue weighted by Gasteiger charge is -2.34. The molecule has 1 aromatic rings. The zero-order valence-electron chi connectivity index (χ0n) is 12.6. The Bertz CT molecular complexity index is 425. The van der Waals surface area contributed by atoms with Crippen molar-refractivity contribution >= 4 is 0 Å². The van der Waals surface area contributed by atoms with E-state index in [1.165, 1.54) is 32.1 Å². The predicted octanol–water partition coefficient (Wildman–Crippen LogP) is 3.51. The molecule has 2 heteroatoms. The first kappa shape index (κ1) is 14.1. The van der Waals surface area contributed by atoms with E-state index in [-0.39, 0.29) is 0 Å². The van der Waals surface area contributed by atoms with Crippen LogP contribution in [-0.4, -0.2) is 25.8 Å². The van der Waals surface area contributed by atoms with Crippen molar-refractivity contribution in [2.75, 3.05) is 19.8 Å². The van der Waals surface area contributed by atoms with Crippen molar-refractivity contribution in [1.29, 1.82) is 0 Å². The van der Waals surface area contributed by atoms with E-state index in [2.05, 4.69) is 36.5 Å². The molecule has 20 heavy (non-hydrogen) atoms. The van der Waals surface area contributed by atoms with Crippen LogP contribution < -0.4 is 5.32 Å². The van der Waals surface area contributed by atoms with Crippen LogP contribution in [0, 0.1) is 5.92 Å². The number of benzene rings is 1. The van der Waals surface area contributed by atoms with Crippen LogP contribution in [0.4, 0.5) is 0 Å². The normalized spacial score (nSPS) is 26.1. The molecule has 1 heterocycles. The average molecular weight is 273 g/mol. The fraction of sp³-hybridized carbons (Fsp3) is 0.667. The Labute approximate surface area is 122 Å². The van der Waals surface area contributed by atoms with Gasteiger partial charge in [-0.1, -0.05) is 31.2 Å². The molecule has 2 nitrogen and oxygen atoms in total. The lowest BCUT2D eigenvalue weighted by atomic mass is 9.73. The lowest BCUT2D eigenvalue weighted by Crippen LogP contribution is -2.35. The maximum absolute atomic E-state index is 5.54. The molecule has 2 aliphatic rings. The van der Waals surface area contributed by atoms with Crippen molar-refractivity contribution in [3.63, 3.8) is 0 Å². The molecule has 1 aromatic carbocycles. The summed E-state index contributed by atoms with van der Waals surface area (Å²) >= 11 is 0. The van der Waals surface area contributed by atoms with Gasteiger partial charge in [-0.25, -0.2) is 0 Å². The minimum atomic E-state index is 0.667. The number of hydrogen-bond acceptors (Lipinski definition) is 2. The highest BCUT2D eigenvalue weighted by Crippen LogP contribution is 2.39. The molecule has 3 unspecified atom stereocenters. The highest BCUT2D eigenvalue weighted by molar-refractivity contribution is 5.39. The smallest absolute Gasteiger partial charge is 0.0495 e. The molecule has 1 N–H and O–H groups in total. The van der Waals surface area contributed by atoms with Gasteiger partial charge >= 0.3 is 0 Å². The summed E-state index contributed by atoms with van der Waals surface area (Å²) in [7, 11) is 0. The number of nitrogens with one attached hydrogen (secondary N) is 1. The minimum absolute atomic E-state index is 0.667. The first-order valence-corrected chi connectivity index (χ1v) is 8.25. The summed E-state index contributed by atoms with van der Waals surface area (Å²) in [6.07, 6.45) is 6.35. The molecule has 3 rings (SSSR count). The summed E-state index contributed by atoms with van der Waals surface area (Å²) in [5, 5.41) is 3.77. The van der Waals surface area contributed by atoms with Gasteiger partial charge in [-0.2, -0.15) is 0 Å². The quantitative estimate of drug-likeness (QED) is 0.821. The maximum Gasteiger partial charge on any atom is 0.0495 e. The summed E-state index contributed by atoms with van der Waals surface area (Å²) in [5.41, 5.74) is 3.16. The Morgan fingerprint density at radius 1 is 1.30 bits per heavy atom. The fourth-order valence-corrected chi connectivity index (χ4v) is 3.70. The standard InChI is InChI=1S/C18H27NO/c1-2-8-19-17(10-14-7-9-20-13-14)12-16-11-15-5-3-4-6-18(15)16/h3-6,14,16-17,19H,2,7-13H2,1H3. The van der Waals surface area contributed by atoms with Gasteiger partial charge in [0.1, 0.15) is 0 Å². The highest BCUT2D eigenvalue weighted by Gasteiger charge is 2.29. The van der Waals surface area contributed by atoms with Gasteiger partial charge in [-0.3, -0.25) is 0 Å². The molecular weight excluding hydrogens is 246 g/mol. The van der Waals surface area contributed by atoms with Gasteiger partial charge in [-0.15, -0.1) is 0 Å². The Morgan fingerprint density at radius 3 is 2.95 bits per heavy atom. The van der Waals surface area contributed by atoms with E-state index < -0.39 is 0 Å². The van der Waals surface area contributed by atoms with Gasteiger partial charge in [0.15, 0.2) is 0 Å². The van der Waals surface area contributed by atoms with Gasteiger partial charge < -0.3 is 10.1 Å². The Hall–Kier alpha value is -0.860. The van der Waals surface area contributed by atoms with Crippen LogP contribution >= 0.6 is 0 Å². The van der Waals surface area contributed by atoms with Crippen molar-refractivity contribution in [2.24, 2.45) is 5.92 Å². The molecule has 0 radical (unpaired) electrons. The SMILES string of the molecule is CCCNC(CC1CCOC1)CC1Cc2ccccc21. The molecule has 1 aliphatic heterocycles. The molecule has 3 atom stereocenters. The molecule has 0 spiro atoms. The van der Waals surface area contributed by atoms with Crippen LogP contribution in [0.2, 0.25) is 0 Å². The van der Waals surface area contributed by atoms with Crippen LogP contribution in [0.3, 0.4) is 0 Å². The zero-order chi connectivity index (χ0) is 13.8. The number of rotatable bonds is 7. The second-order valence-corrected chi connectivity index (χ2v) is 6.45. The number of hydrogen-bond donors (Lipinski definition) is 1. The zero-order valence-corrected chi connectivity index (χ0v) is 12.6. The molecular formula is C18H27NO.